The first-order valence-electron chi connectivity index (χ1n) is 7.94. The van der Waals surface area contributed by atoms with E-state index in [0.717, 1.165) is 10.6 Å². The van der Waals surface area contributed by atoms with E-state index in [4.69, 9.17) is 5.26 Å². The van der Waals surface area contributed by atoms with Gasteiger partial charge in [0.05, 0.1) is 22.7 Å². The van der Waals surface area contributed by atoms with Crippen LogP contribution in [0.4, 0.5) is 5.69 Å². The maximum absolute atomic E-state index is 12.6. The normalized spacial score (nSPS) is 10.5. The number of para-hydroxylation sites is 1. The van der Waals surface area contributed by atoms with Crippen LogP contribution in [0.5, 0.6) is 0 Å². The molecule has 0 aliphatic heterocycles. The summed E-state index contributed by atoms with van der Waals surface area (Å²) in [5.41, 5.74) is 1.16. The van der Waals surface area contributed by atoms with Crippen LogP contribution in [0.25, 0.3) is 10.9 Å². The summed E-state index contributed by atoms with van der Waals surface area (Å²) in [4.78, 5) is 29.2. The summed E-state index contributed by atoms with van der Waals surface area (Å²) in [6, 6.07) is 16.6. The first-order chi connectivity index (χ1) is 12.6. The largest absolute Gasteiger partial charge is 0.326 e. The summed E-state index contributed by atoms with van der Waals surface area (Å²) >= 11 is 1.51. The monoisotopic (exact) mass is 364 g/mol. The summed E-state index contributed by atoms with van der Waals surface area (Å²) in [5.74, 6) is 0.902. The van der Waals surface area contributed by atoms with Gasteiger partial charge in [-0.15, -0.1) is 11.8 Å². The molecule has 0 bridgehead atoms. The second kappa shape index (κ2) is 7.85. The third-order valence-electron chi connectivity index (χ3n) is 3.71. The number of aromatic nitrogens is 2. The molecule has 0 atom stereocenters. The first-order valence-corrected chi connectivity index (χ1v) is 8.93. The van der Waals surface area contributed by atoms with Crippen molar-refractivity contribution in [2.45, 2.75) is 24.1 Å². The van der Waals surface area contributed by atoms with Gasteiger partial charge in [0.15, 0.2) is 0 Å². The third-order valence-corrected chi connectivity index (χ3v) is 4.72. The fourth-order valence-corrected chi connectivity index (χ4v) is 3.39. The third kappa shape index (κ3) is 3.92. The Bertz CT molecular complexity index is 1050. The molecule has 3 rings (SSSR count). The molecule has 6 nitrogen and oxygen atoms in total. The Labute approximate surface area is 154 Å². The summed E-state index contributed by atoms with van der Waals surface area (Å²) in [7, 11) is 0. The maximum Gasteiger partial charge on any atom is 0.262 e. The van der Waals surface area contributed by atoms with Crippen LogP contribution < -0.4 is 10.9 Å². The average molecular weight is 364 g/mol. The molecule has 0 spiro atoms. The molecule has 1 heterocycles. The minimum atomic E-state index is -0.200. The van der Waals surface area contributed by atoms with Crippen molar-refractivity contribution in [2.24, 2.45) is 0 Å². The fourth-order valence-electron chi connectivity index (χ4n) is 2.54. The maximum atomic E-state index is 12.6. The van der Waals surface area contributed by atoms with Crippen LogP contribution in [-0.4, -0.2) is 15.5 Å². The van der Waals surface area contributed by atoms with E-state index in [1.807, 2.05) is 36.4 Å². The predicted octanol–water partition coefficient (Wildman–Crippen LogP) is 3.17. The number of fused-ring (bicyclic) bond motifs is 1. The van der Waals surface area contributed by atoms with E-state index in [0.29, 0.717) is 22.5 Å². The van der Waals surface area contributed by atoms with Gasteiger partial charge in [-0.1, -0.05) is 12.1 Å². The lowest BCUT2D eigenvalue weighted by atomic mass is 10.2. The highest BCUT2D eigenvalue weighted by Crippen LogP contribution is 2.24. The van der Waals surface area contributed by atoms with Crippen molar-refractivity contribution in [1.29, 1.82) is 5.26 Å². The molecule has 3 aromatic rings. The SMILES string of the molecule is CC(=O)Nc1ccc(SCc2nc3ccccc3c(=O)n2CC#N)cc1. The zero-order valence-electron chi connectivity index (χ0n) is 14.1. The molecule has 130 valence electrons. The van der Waals surface area contributed by atoms with Crippen molar-refractivity contribution >= 4 is 34.3 Å². The van der Waals surface area contributed by atoms with Crippen molar-refractivity contribution in [3.8, 4) is 6.07 Å². The molecule has 1 aromatic heterocycles. The highest BCUT2D eigenvalue weighted by atomic mass is 32.2. The number of amides is 1. The van der Waals surface area contributed by atoms with E-state index in [1.54, 1.807) is 18.2 Å². The molecule has 0 saturated heterocycles. The number of nitriles is 1. The van der Waals surface area contributed by atoms with Crippen LogP contribution in [0.2, 0.25) is 0 Å². The van der Waals surface area contributed by atoms with Gasteiger partial charge in [-0.05, 0) is 36.4 Å². The molecular weight excluding hydrogens is 348 g/mol. The number of anilines is 1. The van der Waals surface area contributed by atoms with Crippen LogP contribution in [0.15, 0.2) is 58.2 Å². The van der Waals surface area contributed by atoms with Gasteiger partial charge in [0.25, 0.3) is 5.56 Å². The van der Waals surface area contributed by atoms with E-state index in [-0.39, 0.29) is 18.0 Å². The quantitative estimate of drug-likeness (QED) is 0.703. The number of nitrogens with zero attached hydrogens (tertiary/aromatic N) is 3. The van der Waals surface area contributed by atoms with Gasteiger partial charge >= 0.3 is 0 Å². The van der Waals surface area contributed by atoms with Crippen molar-refractivity contribution in [2.75, 3.05) is 5.32 Å². The second-order valence-electron chi connectivity index (χ2n) is 5.59. The van der Waals surface area contributed by atoms with Crippen LogP contribution in [0.3, 0.4) is 0 Å². The Kier molecular flexibility index (Phi) is 5.34. The van der Waals surface area contributed by atoms with E-state index < -0.39 is 0 Å². The van der Waals surface area contributed by atoms with Gasteiger partial charge in [-0.2, -0.15) is 5.26 Å². The number of carbonyl (C=O) groups is 1. The molecule has 1 N–H and O–H groups in total. The number of benzene rings is 2. The highest BCUT2D eigenvalue weighted by Gasteiger charge is 2.11. The Balaban J connectivity index is 1.86. The smallest absolute Gasteiger partial charge is 0.262 e. The minimum absolute atomic E-state index is 0.0337. The molecular formula is C19H16N4O2S. The van der Waals surface area contributed by atoms with Crippen LogP contribution in [0, 0.1) is 11.3 Å². The minimum Gasteiger partial charge on any atom is -0.326 e. The molecule has 7 heteroatoms. The summed E-state index contributed by atoms with van der Waals surface area (Å²) < 4.78 is 1.42. The van der Waals surface area contributed by atoms with Gasteiger partial charge < -0.3 is 5.32 Å². The Hall–Kier alpha value is -3.11. The molecule has 0 saturated carbocycles. The molecule has 0 unspecified atom stereocenters. The van der Waals surface area contributed by atoms with Crippen LogP contribution >= 0.6 is 11.8 Å². The van der Waals surface area contributed by atoms with E-state index >= 15 is 0 Å². The van der Waals surface area contributed by atoms with Crippen molar-refractivity contribution in [1.82, 2.24) is 9.55 Å². The van der Waals surface area contributed by atoms with Crippen molar-refractivity contribution in [3.05, 3.63) is 64.7 Å². The van der Waals surface area contributed by atoms with Gasteiger partial charge in [0.2, 0.25) is 5.91 Å². The Morgan fingerprint density at radius 3 is 2.65 bits per heavy atom. The van der Waals surface area contributed by atoms with Crippen molar-refractivity contribution < 1.29 is 4.79 Å². The number of rotatable bonds is 5. The summed E-state index contributed by atoms with van der Waals surface area (Å²) in [5, 5.41) is 12.3. The molecule has 1 amide bonds. The number of hydrogen-bond donors (Lipinski definition) is 1. The molecule has 0 fully saturated rings. The topological polar surface area (TPSA) is 87.8 Å². The second-order valence-corrected chi connectivity index (χ2v) is 6.64. The Morgan fingerprint density at radius 2 is 1.96 bits per heavy atom. The first kappa shape index (κ1) is 17.7. The molecule has 0 radical (unpaired) electrons. The van der Waals surface area contributed by atoms with E-state index in [9.17, 15) is 9.59 Å². The Morgan fingerprint density at radius 1 is 1.23 bits per heavy atom. The number of nitrogens with one attached hydrogen (secondary N) is 1. The molecule has 26 heavy (non-hydrogen) atoms. The van der Waals surface area contributed by atoms with Crippen LogP contribution in [-0.2, 0) is 17.1 Å². The zero-order chi connectivity index (χ0) is 18.5. The highest BCUT2D eigenvalue weighted by molar-refractivity contribution is 7.98. The average Bonchev–Trinajstić information content (AvgIpc) is 2.63. The van der Waals surface area contributed by atoms with Gasteiger partial charge in [-0.25, -0.2) is 4.98 Å². The lowest BCUT2D eigenvalue weighted by Gasteiger charge is -2.11. The predicted molar refractivity (Wildman–Crippen MR) is 102 cm³/mol. The fraction of sp³-hybridized carbons (Fsp3) is 0.158. The van der Waals surface area contributed by atoms with Crippen molar-refractivity contribution in [3.63, 3.8) is 0 Å². The van der Waals surface area contributed by atoms with Gasteiger partial charge in [-0.3, -0.25) is 14.2 Å². The van der Waals surface area contributed by atoms with E-state index in [1.165, 1.54) is 23.3 Å². The van der Waals surface area contributed by atoms with Gasteiger partial charge in [0.1, 0.15) is 12.4 Å². The molecule has 0 aliphatic rings. The van der Waals surface area contributed by atoms with Gasteiger partial charge in [0, 0.05) is 17.5 Å². The lowest BCUT2D eigenvalue weighted by molar-refractivity contribution is -0.114. The zero-order valence-corrected chi connectivity index (χ0v) is 14.9. The van der Waals surface area contributed by atoms with E-state index in [2.05, 4.69) is 10.3 Å². The molecule has 2 aromatic carbocycles. The molecule has 0 aliphatic carbocycles. The standard InChI is InChI=1S/C19H16N4O2S/c1-13(24)21-14-6-8-15(9-7-14)26-12-18-22-17-5-3-2-4-16(17)19(25)23(18)11-10-20/h2-9H,11-12H2,1H3,(H,21,24). The van der Waals surface area contributed by atoms with Crippen LogP contribution in [0.1, 0.15) is 12.7 Å². The number of carbonyl (C=O) groups excluding carboxylic acids is 1. The number of thioether (sulfide) groups is 1. The number of hydrogen-bond acceptors (Lipinski definition) is 5. The lowest BCUT2D eigenvalue weighted by Crippen LogP contribution is -2.24. The summed E-state index contributed by atoms with van der Waals surface area (Å²) in [6.45, 7) is 1.43. The summed E-state index contributed by atoms with van der Waals surface area (Å²) in [6.07, 6.45) is 0.